The van der Waals surface area contributed by atoms with Crippen LogP contribution in [-0.4, -0.2) is 27.4 Å². The highest BCUT2D eigenvalue weighted by molar-refractivity contribution is 9.10. The van der Waals surface area contributed by atoms with E-state index in [2.05, 4.69) is 68.3 Å². The van der Waals surface area contributed by atoms with Crippen LogP contribution in [0.2, 0.25) is 0 Å². The maximum absolute atomic E-state index is 6.01. The normalized spacial score (nSPS) is 11.0. The molecule has 0 radical (unpaired) electrons. The lowest BCUT2D eigenvalue weighted by atomic mass is 10.0. The summed E-state index contributed by atoms with van der Waals surface area (Å²) in [4.78, 5) is 0. The van der Waals surface area contributed by atoms with Crippen LogP contribution in [0.15, 0.2) is 45.3 Å². The Labute approximate surface area is 166 Å². The van der Waals surface area contributed by atoms with Crippen molar-refractivity contribution in [2.24, 2.45) is 0 Å². The second kappa shape index (κ2) is 11.1. The summed E-state index contributed by atoms with van der Waals surface area (Å²) in [5.41, 5.74) is 4.92. The quantitative estimate of drug-likeness (QED) is 0.470. The second-order valence-corrected chi connectivity index (χ2v) is 7.64. The molecule has 0 saturated heterocycles. The summed E-state index contributed by atoms with van der Waals surface area (Å²) in [7, 11) is 3.45. The highest BCUT2D eigenvalue weighted by Crippen LogP contribution is 2.21. The first-order chi connectivity index (χ1) is 12.1. The standard InChI is InChI=1S/C20H24Br2O3/c1-23-9-7-15-11-19(21)5-3-17(15)13-25-14-18-4-6-20(22)12-16(18)8-10-24-2/h3-6,11-12H,7-10,13-14H2,1-2H3. The van der Waals surface area contributed by atoms with Gasteiger partial charge in [0.1, 0.15) is 0 Å². The Morgan fingerprint density at radius 2 is 1.12 bits per heavy atom. The highest BCUT2D eigenvalue weighted by atomic mass is 79.9. The summed E-state index contributed by atoms with van der Waals surface area (Å²) in [5.74, 6) is 0. The number of benzene rings is 2. The molecule has 0 unspecified atom stereocenters. The second-order valence-electron chi connectivity index (χ2n) is 5.80. The molecule has 0 heterocycles. The minimum atomic E-state index is 0.589. The van der Waals surface area contributed by atoms with Crippen LogP contribution in [0.5, 0.6) is 0 Å². The highest BCUT2D eigenvalue weighted by Gasteiger charge is 2.07. The van der Waals surface area contributed by atoms with E-state index in [4.69, 9.17) is 14.2 Å². The van der Waals surface area contributed by atoms with Crippen LogP contribution >= 0.6 is 31.9 Å². The Kier molecular flexibility index (Phi) is 9.13. The average molecular weight is 472 g/mol. The summed E-state index contributed by atoms with van der Waals surface area (Å²) in [6, 6.07) is 12.6. The molecule has 2 aromatic carbocycles. The van der Waals surface area contributed by atoms with Crippen LogP contribution in [-0.2, 0) is 40.3 Å². The molecular formula is C20H24Br2O3. The Balaban J connectivity index is 2.01. The zero-order valence-electron chi connectivity index (χ0n) is 14.7. The summed E-state index contributed by atoms with van der Waals surface area (Å²) < 4.78 is 18.6. The summed E-state index contributed by atoms with van der Waals surface area (Å²) in [6.45, 7) is 2.59. The fraction of sp³-hybridized carbons (Fsp3) is 0.400. The summed E-state index contributed by atoms with van der Waals surface area (Å²) >= 11 is 7.07. The Morgan fingerprint density at radius 3 is 1.52 bits per heavy atom. The van der Waals surface area contributed by atoms with Gasteiger partial charge in [-0.05, 0) is 59.4 Å². The molecule has 5 heteroatoms. The molecule has 2 rings (SSSR count). The van der Waals surface area contributed by atoms with Crippen molar-refractivity contribution >= 4 is 31.9 Å². The third kappa shape index (κ3) is 6.83. The van der Waals surface area contributed by atoms with Gasteiger partial charge in [0.25, 0.3) is 0 Å². The largest absolute Gasteiger partial charge is 0.384 e. The lowest BCUT2D eigenvalue weighted by molar-refractivity contribution is 0.105. The van der Waals surface area contributed by atoms with Gasteiger partial charge >= 0.3 is 0 Å². The number of hydrogen-bond donors (Lipinski definition) is 0. The Bertz CT molecular complexity index is 616. The van der Waals surface area contributed by atoms with E-state index in [1.807, 2.05) is 0 Å². The maximum atomic E-state index is 6.01. The van der Waals surface area contributed by atoms with E-state index < -0.39 is 0 Å². The SMILES string of the molecule is COCCc1cc(Br)ccc1COCc1ccc(Br)cc1CCOC. The molecule has 0 aliphatic rings. The monoisotopic (exact) mass is 470 g/mol. The Morgan fingerprint density at radius 1 is 0.680 bits per heavy atom. The molecule has 0 amide bonds. The maximum Gasteiger partial charge on any atom is 0.0724 e. The van der Waals surface area contributed by atoms with Crippen LogP contribution in [0.25, 0.3) is 0 Å². The minimum Gasteiger partial charge on any atom is -0.384 e. The van der Waals surface area contributed by atoms with Crippen molar-refractivity contribution in [2.75, 3.05) is 27.4 Å². The van der Waals surface area contributed by atoms with Crippen molar-refractivity contribution in [3.8, 4) is 0 Å². The first-order valence-electron chi connectivity index (χ1n) is 8.24. The van der Waals surface area contributed by atoms with Gasteiger partial charge in [-0.1, -0.05) is 44.0 Å². The predicted molar refractivity (Wildman–Crippen MR) is 108 cm³/mol. The van der Waals surface area contributed by atoms with E-state index >= 15 is 0 Å². The van der Waals surface area contributed by atoms with Gasteiger partial charge in [-0.3, -0.25) is 0 Å². The third-order valence-electron chi connectivity index (χ3n) is 4.00. The zero-order valence-corrected chi connectivity index (χ0v) is 17.9. The molecular weight excluding hydrogens is 448 g/mol. The Hall–Kier alpha value is -0.720. The van der Waals surface area contributed by atoms with Crippen LogP contribution < -0.4 is 0 Å². The molecule has 0 saturated carbocycles. The van der Waals surface area contributed by atoms with Crippen LogP contribution in [0.4, 0.5) is 0 Å². The van der Waals surface area contributed by atoms with Crippen molar-refractivity contribution in [1.29, 1.82) is 0 Å². The zero-order chi connectivity index (χ0) is 18.1. The fourth-order valence-electron chi connectivity index (χ4n) is 2.63. The van der Waals surface area contributed by atoms with Crippen LogP contribution in [0, 0.1) is 0 Å². The van der Waals surface area contributed by atoms with E-state index in [0.717, 1.165) is 21.8 Å². The molecule has 0 N–H and O–H groups in total. The molecule has 3 nitrogen and oxygen atoms in total. The van der Waals surface area contributed by atoms with E-state index in [1.165, 1.54) is 22.3 Å². The van der Waals surface area contributed by atoms with Crippen molar-refractivity contribution in [3.05, 3.63) is 67.6 Å². The number of ether oxygens (including phenoxy) is 3. The van der Waals surface area contributed by atoms with Gasteiger partial charge in [-0.15, -0.1) is 0 Å². The van der Waals surface area contributed by atoms with Crippen LogP contribution in [0.1, 0.15) is 22.3 Å². The molecule has 0 aromatic heterocycles. The van der Waals surface area contributed by atoms with Crippen molar-refractivity contribution < 1.29 is 14.2 Å². The van der Waals surface area contributed by atoms with Gasteiger partial charge in [0.15, 0.2) is 0 Å². The van der Waals surface area contributed by atoms with E-state index in [1.54, 1.807) is 14.2 Å². The van der Waals surface area contributed by atoms with Gasteiger partial charge in [0.2, 0.25) is 0 Å². The first-order valence-corrected chi connectivity index (χ1v) is 9.83. The predicted octanol–water partition coefficient (Wildman–Crippen LogP) is 5.31. The molecule has 136 valence electrons. The van der Waals surface area contributed by atoms with Gasteiger partial charge in [-0.25, -0.2) is 0 Å². The molecule has 25 heavy (non-hydrogen) atoms. The lowest BCUT2D eigenvalue weighted by Crippen LogP contribution is -2.04. The van der Waals surface area contributed by atoms with E-state index in [0.29, 0.717) is 26.4 Å². The van der Waals surface area contributed by atoms with Gasteiger partial charge in [-0.2, -0.15) is 0 Å². The lowest BCUT2D eigenvalue weighted by Gasteiger charge is -2.13. The first kappa shape index (κ1) is 20.6. The topological polar surface area (TPSA) is 27.7 Å². The fourth-order valence-corrected chi connectivity index (χ4v) is 3.45. The number of hydrogen-bond acceptors (Lipinski definition) is 3. The molecule has 0 atom stereocenters. The van der Waals surface area contributed by atoms with Crippen LogP contribution in [0.3, 0.4) is 0 Å². The van der Waals surface area contributed by atoms with Crippen molar-refractivity contribution in [1.82, 2.24) is 0 Å². The third-order valence-corrected chi connectivity index (χ3v) is 4.99. The smallest absolute Gasteiger partial charge is 0.0724 e. The van der Waals surface area contributed by atoms with Crippen molar-refractivity contribution in [2.45, 2.75) is 26.1 Å². The minimum absolute atomic E-state index is 0.589. The van der Waals surface area contributed by atoms with E-state index in [-0.39, 0.29) is 0 Å². The number of rotatable bonds is 10. The van der Waals surface area contributed by atoms with Crippen molar-refractivity contribution in [3.63, 3.8) is 0 Å². The number of methoxy groups -OCH3 is 2. The van der Waals surface area contributed by atoms with E-state index in [9.17, 15) is 0 Å². The molecule has 0 aliphatic heterocycles. The van der Waals surface area contributed by atoms with Gasteiger partial charge in [0.05, 0.1) is 26.4 Å². The molecule has 0 bridgehead atoms. The van der Waals surface area contributed by atoms with Gasteiger partial charge < -0.3 is 14.2 Å². The molecule has 0 fully saturated rings. The summed E-state index contributed by atoms with van der Waals surface area (Å²) in [6.07, 6.45) is 1.76. The summed E-state index contributed by atoms with van der Waals surface area (Å²) in [5, 5.41) is 0. The average Bonchev–Trinajstić information content (AvgIpc) is 2.61. The molecule has 2 aromatic rings. The number of halogens is 2. The molecule has 0 spiro atoms. The molecule has 0 aliphatic carbocycles. The van der Waals surface area contributed by atoms with Gasteiger partial charge in [0, 0.05) is 23.2 Å².